The predicted octanol–water partition coefficient (Wildman–Crippen LogP) is 0.886. The van der Waals surface area contributed by atoms with Gasteiger partial charge in [-0.1, -0.05) is 12.1 Å². The molecule has 6 heteroatoms. The number of aliphatic hydroxyl groups is 1. The lowest BCUT2D eigenvalue weighted by molar-refractivity contribution is 0.254. The molecular formula is C12H16N2O3S. The Bertz CT molecular complexity index is 591. The highest BCUT2D eigenvalue weighted by molar-refractivity contribution is 7.90. The van der Waals surface area contributed by atoms with E-state index in [-0.39, 0.29) is 11.5 Å². The Hall–Kier alpha value is -1.40. The summed E-state index contributed by atoms with van der Waals surface area (Å²) in [6.45, 7) is 3.72. The van der Waals surface area contributed by atoms with E-state index in [1.807, 2.05) is 13.8 Å². The van der Waals surface area contributed by atoms with Crippen LogP contribution in [-0.4, -0.2) is 31.5 Å². The van der Waals surface area contributed by atoms with Crippen LogP contribution in [0.5, 0.6) is 0 Å². The third-order valence-electron chi connectivity index (χ3n) is 2.80. The molecule has 5 nitrogen and oxygen atoms in total. The molecule has 0 amide bonds. The van der Waals surface area contributed by atoms with Crippen LogP contribution in [0.3, 0.4) is 0 Å². The number of sulfonamides is 1. The van der Waals surface area contributed by atoms with E-state index in [9.17, 15) is 8.42 Å². The highest BCUT2D eigenvalue weighted by atomic mass is 32.2. The Morgan fingerprint density at radius 1 is 1.33 bits per heavy atom. The van der Waals surface area contributed by atoms with E-state index in [0.29, 0.717) is 17.8 Å². The predicted molar refractivity (Wildman–Crippen MR) is 69.1 cm³/mol. The first-order chi connectivity index (χ1) is 8.36. The number of aliphatic hydroxyl groups excluding tert-OH is 1. The van der Waals surface area contributed by atoms with E-state index in [2.05, 4.69) is 9.71 Å². The van der Waals surface area contributed by atoms with Crippen molar-refractivity contribution in [1.82, 2.24) is 4.72 Å². The zero-order valence-corrected chi connectivity index (χ0v) is 11.2. The number of nitrogens with zero attached hydrogens (tertiary/aromatic N) is 1. The SMILES string of the molecule is CC(C)(CCO)N=C1NS(=O)(=O)c2ccccc21. The number of hydrogen-bond donors (Lipinski definition) is 2. The van der Waals surface area contributed by atoms with Gasteiger partial charge in [-0.25, -0.2) is 8.42 Å². The standard InChI is InChI=1S/C12H16N2O3S/c1-12(2,7-8-15)13-11-9-5-3-4-6-10(9)18(16,17)14-11/h3-6,15H,7-8H2,1-2H3,(H,13,14). The molecule has 2 N–H and O–H groups in total. The third kappa shape index (κ3) is 2.39. The molecule has 1 aromatic carbocycles. The van der Waals surface area contributed by atoms with Crippen molar-refractivity contribution in [3.05, 3.63) is 29.8 Å². The second-order valence-corrected chi connectivity index (χ2v) is 6.50. The number of amidine groups is 1. The number of aliphatic imine (C=N–C) groups is 1. The van der Waals surface area contributed by atoms with Gasteiger partial charge in [-0.15, -0.1) is 0 Å². The minimum atomic E-state index is -3.49. The van der Waals surface area contributed by atoms with Crippen molar-refractivity contribution < 1.29 is 13.5 Å². The van der Waals surface area contributed by atoms with Crippen LogP contribution in [-0.2, 0) is 10.0 Å². The van der Waals surface area contributed by atoms with Crippen LogP contribution in [0, 0.1) is 0 Å². The van der Waals surface area contributed by atoms with E-state index >= 15 is 0 Å². The number of nitrogens with one attached hydrogen (secondary N) is 1. The van der Waals surface area contributed by atoms with Crippen molar-refractivity contribution in [2.45, 2.75) is 30.7 Å². The average molecular weight is 268 g/mol. The molecule has 0 unspecified atom stereocenters. The maximum Gasteiger partial charge on any atom is 0.263 e. The van der Waals surface area contributed by atoms with Gasteiger partial charge < -0.3 is 5.11 Å². The van der Waals surface area contributed by atoms with Crippen LogP contribution in [0.2, 0.25) is 0 Å². The maximum atomic E-state index is 11.9. The molecule has 0 aliphatic carbocycles. The van der Waals surface area contributed by atoms with Gasteiger partial charge in [0.25, 0.3) is 10.0 Å². The van der Waals surface area contributed by atoms with Gasteiger partial charge in [0, 0.05) is 12.2 Å². The Kier molecular flexibility index (Phi) is 3.16. The highest BCUT2D eigenvalue weighted by Crippen LogP contribution is 2.24. The van der Waals surface area contributed by atoms with Crippen LogP contribution in [0.1, 0.15) is 25.8 Å². The van der Waals surface area contributed by atoms with Crippen molar-refractivity contribution >= 4 is 15.9 Å². The van der Waals surface area contributed by atoms with Gasteiger partial charge in [-0.2, -0.15) is 0 Å². The second kappa shape index (κ2) is 4.37. The van der Waals surface area contributed by atoms with Gasteiger partial charge in [-0.3, -0.25) is 9.71 Å². The molecular weight excluding hydrogens is 252 g/mol. The molecule has 0 spiro atoms. The lowest BCUT2D eigenvalue weighted by Crippen LogP contribution is -2.28. The Morgan fingerprint density at radius 3 is 2.67 bits per heavy atom. The molecule has 98 valence electrons. The lowest BCUT2D eigenvalue weighted by atomic mass is 10.0. The largest absolute Gasteiger partial charge is 0.396 e. The van der Waals surface area contributed by atoms with Crippen LogP contribution in [0.4, 0.5) is 0 Å². The van der Waals surface area contributed by atoms with Gasteiger partial charge in [-0.05, 0) is 32.4 Å². The Balaban J connectivity index is 2.48. The Morgan fingerprint density at radius 2 is 2.00 bits per heavy atom. The Labute approximate surface area is 107 Å². The molecule has 0 aromatic heterocycles. The zero-order valence-electron chi connectivity index (χ0n) is 10.3. The van der Waals surface area contributed by atoms with Gasteiger partial charge in [0.2, 0.25) is 0 Å². The molecule has 1 aliphatic heterocycles. The van der Waals surface area contributed by atoms with Gasteiger partial charge >= 0.3 is 0 Å². The summed E-state index contributed by atoms with van der Waals surface area (Å²) in [5.74, 6) is 0.351. The number of fused-ring (bicyclic) bond motifs is 1. The van der Waals surface area contributed by atoms with E-state index in [0.717, 1.165) is 0 Å². The van der Waals surface area contributed by atoms with Crippen LogP contribution >= 0.6 is 0 Å². The topological polar surface area (TPSA) is 78.8 Å². The fourth-order valence-corrected chi connectivity index (χ4v) is 3.08. The molecule has 1 heterocycles. The molecule has 1 aromatic rings. The van der Waals surface area contributed by atoms with Crippen molar-refractivity contribution in [3.63, 3.8) is 0 Å². The summed E-state index contributed by atoms with van der Waals surface area (Å²) in [5, 5.41) is 8.97. The van der Waals surface area contributed by atoms with E-state index in [1.165, 1.54) is 0 Å². The molecule has 1 aliphatic rings. The highest BCUT2D eigenvalue weighted by Gasteiger charge is 2.31. The van der Waals surface area contributed by atoms with Gasteiger partial charge in [0.15, 0.2) is 0 Å². The summed E-state index contributed by atoms with van der Waals surface area (Å²) in [6, 6.07) is 6.73. The summed E-state index contributed by atoms with van der Waals surface area (Å²) in [5.41, 5.74) is 0.0767. The van der Waals surface area contributed by atoms with E-state index in [4.69, 9.17) is 5.11 Å². The molecule has 0 fully saturated rings. The molecule has 2 rings (SSSR count). The molecule has 18 heavy (non-hydrogen) atoms. The number of rotatable bonds is 3. The fourth-order valence-electron chi connectivity index (χ4n) is 1.85. The first-order valence-corrected chi connectivity index (χ1v) is 7.17. The van der Waals surface area contributed by atoms with Crippen molar-refractivity contribution in [2.75, 3.05) is 6.61 Å². The molecule has 0 atom stereocenters. The summed E-state index contributed by atoms with van der Waals surface area (Å²) in [6.07, 6.45) is 0.473. The first-order valence-electron chi connectivity index (χ1n) is 5.69. The quantitative estimate of drug-likeness (QED) is 0.854. The number of benzene rings is 1. The third-order valence-corrected chi connectivity index (χ3v) is 4.20. The molecule has 0 radical (unpaired) electrons. The molecule has 0 bridgehead atoms. The zero-order chi connectivity index (χ0) is 13.4. The van der Waals surface area contributed by atoms with E-state index in [1.54, 1.807) is 24.3 Å². The normalized spacial score (nSPS) is 19.6. The lowest BCUT2D eigenvalue weighted by Gasteiger charge is -2.19. The van der Waals surface area contributed by atoms with Crippen molar-refractivity contribution in [2.24, 2.45) is 4.99 Å². The monoisotopic (exact) mass is 268 g/mol. The van der Waals surface area contributed by atoms with Crippen LogP contribution in [0.25, 0.3) is 0 Å². The van der Waals surface area contributed by atoms with Crippen molar-refractivity contribution in [3.8, 4) is 0 Å². The fraction of sp³-hybridized carbons (Fsp3) is 0.417. The first kappa shape index (κ1) is 13.0. The maximum absolute atomic E-state index is 11.9. The average Bonchev–Trinajstić information content (AvgIpc) is 2.51. The van der Waals surface area contributed by atoms with Crippen LogP contribution < -0.4 is 4.72 Å². The summed E-state index contributed by atoms with van der Waals surface area (Å²) < 4.78 is 26.2. The van der Waals surface area contributed by atoms with Gasteiger partial charge in [0.05, 0.1) is 10.4 Å². The molecule has 0 saturated heterocycles. The van der Waals surface area contributed by atoms with Crippen molar-refractivity contribution in [1.29, 1.82) is 0 Å². The minimum absolute atomic E-state index is 0.0121. The van der Waals surface area contributed by atoms with Gasteiger partial charge in [0.1, 0.15) is 5.84 Å². The smallest absolute Gasteiger partial charge is 0.263 e. The number of hydrogen-bond acceptors (Lipinski definition) is 4. The summed E-state index contributed by atoms with van der Waals surface area (Å²) in [4.78, 5) is 4.65. The second-order valence-electron chi connectivity index (χ2n) is 4.85. The van der Waals surface area contributed by atoms with E-state index < -0.39 is 15.6 Å². The summed E-state index contributed by atoms with van der Waals surface area (Å²) >= 11 is 0. The molecule has 0 saturated carbocycles. The minimum Gasteiger partial charge on any atom is -0.396 e. The van der Waals surface area contributed by atoms with Crippen LogP contribution in [0.15, 0.2) is 34.2 Å². The summed E-state index contributed by atoms with van der Waals surface area (Å²) in [7, 11) is -3.49.